The van der Waals surface area contributed by atoms with Crippen LogP contribution in [0, 0.1) is 11.6 Å². The van der Waals surface area contributed by atoms with E-state index in [0.29, 0.717) is 4.83 Å². The van der Waals surface area contributed by atoms with E-state index in [4.69, 9.17) is 0 Å². The maximum atomic E-state index is 13.6. The highest BCUT2D eigenvalue weighted by molar-refractivity contribution is 9.09. The first-order chi connectivity index (χ1) is 9.56. The molecule has 20 heavy (non-hydrogen) atoms. The lowest BCUT2D eigenvalue weighted by Gasteiger charge is -2.37. The van der Waals surface area contributed by atoms with Crippen molar-refractivity contribution in [2.24, 2.45) is 0 Å². The van der Waals surface area contributed by atoms with Crippen molar-refractivity contribution >= 4 is 21.8 Å². The van der Waals surface area contributed by atoms with Gasteiger partial charge in [0, 0.05) is 22.5 Å². The molecule has 2 unspecified atom stereocenters. The molecule has 108 valence electrons. The normalized spacial score (nSPS) is 28.8. The largest absolute Gasteiger partial charge is 0.336 e. The van der Waals surface area contributed by atoms with Crippen molar-refractivity contribution in [2.45, 2.75) is 49.0 Å². The van der Waals surface area contributed by atoms with Crippen molar-refractivity contribution in [2.75, 3.05) is 0 Å². The molecule has 5 heteroatoms. The molecule has 2 bridgehead atoms. The fourth-order valence-corrected chi connectivity index (χ4v) is 4.32. The van der Waals surface area contributed by atoms with Crippen molar-refractivity contribution in [1.82, 2.24) is 4.90 Å². The maximum absolute atomic E-state index is 13.6. The molecule has 3 rings (SSSR count). The minimum atomic E-state index is -0.638. The van der Waals surface area contributed by atoms with Gasteiger partial charge in [-0.3, -0.25) is 4.79 Å². The number of halogens is 3. The van der Waals surface area contributed by atoms with Crippen LogP contribution < -0.4 is 0 Å². The Morgan fingerprint density at radius 2 is 1.75 bits per heavy atom. The Kier molecular flexibility index (Phi) is 3.80. The first-order valence-electron chi connectivity index (χ1n) is 6.94. The van der Waals surface area contributed by atoms with E-state index in [9.17, 15) is 13.6 Å². The second kappa shape index (κ2) is 5.43. The van der Waals surface area contributed by atoms with Gasteiger partial charge in [-0.05, 0) is 37.8 Å². The van der Waals surface area contributed by atoms with Gasteiger partial charge in [0.15, 0.2) is 0 Å². The van der Waals surface area contributed by atoms with E-state index in [2.05, 4.69) is 15.9 Å². The topological polar surface area (TPSA) is 20.3 Å². The minimum Gasteiger partial charge on any atom is -0.336 e. The zero-order chi connectivity index (χ0) is 14.3. The molecule has 2 aliphatic heterocycles. The third-order valence-corrected chi connectivity index (χ3v) is 5.10. The quantitative estimate of drug-likeness (QED) is 0.753. The number of hydrogen-bond donors (Lipinski definition) is 0. The third-order valence-electron chi connectivity index (χ3n) is 4.35. The molecule has 0 spiro atoms. The van der Waals surface area contributed by atoms with Gasteiger partial charge in [-0.1, -0.05) is 22.0 Å². The summed E-state index contributed by atoms with van der Waals surface area (Å²) in [6, 6.07) is 4.16. The molecular weight excluding hydrogens is 328 g/mol. The van der Waals surface area contributed by atoms with E-state index in [0.717, 1.165) is 25.7 Å². The Labute approximate surface area is 125 Å². The zero-order valence-electron chi connectivity index (χ0n) is 11.0. The Balaban J connectivity index is 1.77. The number of benzene rings is 1. The fourth-order valence-electron chi connectivity index (χ4n) is 3.46. The minimum absolute atomic E-state index is 0.113. The monoisotopic (exact) mass is 343 g/mol. The van der Waals surface area contributed by atoms with Crippen molar-refractivity contribution < 1.29 is 13.6 Å². The number of hydrogen-bond acceptors (Lipinski definition) is 1. The van der Waals surface area contributed by atoms with Crippen molar-refractivity contribution in [3.8, 4) is 0 Å². The van der Waals surface area contributed by atoms with Gasteiger partial charge in [-0.15, -0.1) is 0 Å². The van der Waals surface area contributed by atoms with Gasteiger partial charge in [0.05, 0.1) is 6.42 Å². The van der Waals surface area contributed by atoms with Crippen LogP contribution in [0.1, 0.15) is 31.2 Å². The summed E-state index contributed by atoms with van der Waals surface area (Å²) in [4.78, 5) is 14.7. The lowest BCUT2D eigenvalue weighted by Crippen LogP contribution is -2.47. The summed E-state index contributed by atoms with van der Waals surface area (Å²) in [5.41, 5.74) is -0.113. The summed E-state index contributed by atoms with van der Waals surface area (Å²) < 4.78 is 27.3. The summed E-state index contributed by atoms with van der Waals surface area (Å²) in [7, 11) is 0. The average Bonchev–Trinajstić information content (AvgIpc) is 2.66. The van der Waals surface area contributed by atoms with Crippen molar-refractivity contribution in [3.63, 3.8) is 0 Å². The Morgan fingerprint density at radius 1 is 1.20 bits per heavy atom. The molecule has 1 aromatic rings. The van der Waals surface area contributed by atoms with Crippen molar-refractivity contribution in [1.29, 1.82) is 0 Å². The Bertz CT molecular complexity index is 502. The van der Waals surface area contributed by atoms with Crippen molar-refractivity contribution in [3.05, 3.63) is 35.4 Å². The van der Waals surface area contributed by atoms with Gasteiger partial charge in [-0.2, -0.15) is 0 Å². The van der Waals surface area contributed by atoms with Gasteiger partial charge < -0.3 is 4.90 Å². The predicted octanol–water partition coefficient (Wildman–Crippen LogP) is 3.42. The molecule has 2 atom stereocenters. The highest BCUT2D eigenvalue weighted by atomic mass is 79.9. The number of carbonyl (C=O) groups is 1. The molecule has 0 aromatic heterocycles. The van der Waals surface area contributed by atoms with Crippen LogP contribution in [0.2, 0.25) is 0 Å². The molecule has 2 saturated heterocycles. The molecule has 1 amide bonds. The van der Waals surface area contributed by atoms with E-state index in [1.165, 1.54) is 18.2 Å². The number of piperidine rings is 1. The summed E-state index contributed by atoms with van der Waals surface area (Å²) >= 11 is 3.62. The molecule has 0 radical (unpaired) electrons. The molecule has 1 aromatic carbocycles. The molecule has 2 aliphatic rings. The van der Waals surface area contributed by atoms with Crippen LogP contribution in [-0.2, 0) is 11.2 Å². The summed E-state index contributed by atoms with van der Waals surface area (Å²) in [5, 5.41) is 0. The third kappa shape index (κ3) is 2.48. The van der Waals surface area contributed by atoms with Crippen LogP contribution in [0.15, 0.2) is 18.2 Å². The molecule has 2 fully saturated rings. The molecule has 2 nitrogen and oxygen atoms in total. The Morgan fingerprint density at radius 3 is 2.30 bits per heavy atom. The number of rotatable bonds is 2. The standard InChI is InChI=1S/C15H16BrF2NO/c16-9-6-10-4-5-11(7-9)19(10)15(20)8-12-13(17)2-1-3-14(12)18/h1-3,9-11H,4-8H2. The van der Waals surface area contributed by atoms with Crippen LogP contribution in [-0.4, -0.2) is 27.7 Å². The summed E-state index contributed by atoms with van der Waals surface area (Å²) in [5.74, 6) is -1.43. The van der Waals surface area contributed by atoms with Gasteiger partial charge in [0.1, 0.15) is 11.6 Å². The summed E-state index contributed by atoms with van der Waals surface area (Å²) in [6.45, 7) is 0. The Hall–Kier alpha value is -0.970. The number of nitrogens with zero attached hydrogens (tertiary/aromatic N) is 1. The number of amides is 1. The van der Waals surface area contributed by atoms with Crippen LogP contribution >= 0.6 is 15.9 Å². The van der Waals surface area contributed by atoms with Gasteiger partial charge in [-0.25, -0.2) is 8.78 Å². The lowest BCUT2D eigenvalue weighted by molar-refractivity contribution is -0.134. The molecule has 0 aliphatic carbocycles. The number of carbonyl (C=O) groups excluding carboxylic acids is 1. The van der Waals surface area contributed by atoms with Crippen LogP contribution in [0.3, 0.4) is 0 Å². The second-order valence-corrected chi connectivity index (χ2v) is 6.93. The molecule has 0 N–H and O–H groups in total. The van der Waals surface area contributed by atoms with E-state index < -0.39 is 11.6 Å². The first kappa shape index (κ1) is 14.0. The van der Waals surface area contributed by atoms with Crippen LogP contribution in [0.5, 0.6) is 0 Å². The van der Waals surface area contributed by atoms with E-state index in [-0.39, 0.29) is 30.0 Å². The molecular formula is C15H16BrF2NO. The maximum Gasteiger partial charge on any atom is 0.227 e. The fraction of sp³-hybridized carbons (Fsp3) is 0.533. The molecule has 0 saturated carbocycles. The van der Waals surface area contributed by atoms with Gasteiger partial charge in [0.2, 0.25) is 5.91 Å². The SMILES string of the molecule is O=C(Cc1c(F)cccc1F)N1C2CCC1CC(Br)C2. The summed E-state index contributed by atoms with van der Waals surface area (Å²) in [6.07, 6.45) is 3.68. The van der Waals surface area contributed by atoms with Gasteiger partial charge in [0.25, 0.3) is 0 Å². The van der Waals surface area contributed by atoms with Gasteiger partial charge >= 0.3 is 0 Å². The highest BCUT2D eigenvalue weighted by Crippen LogP contribution is 2.38. The van der Waals surface area contributed by atoms with E-state index in [1.54, 1.807) is 0 Å². The van der Waals surface area contributed by atoms with E-state index >= 15 is 0 Å². The second-order valence-electron chi connectivity index (χ2n) is 5.63. The smallest absolute Gasteiger partial charge is 0.227 e. The first-order valence-corrected chi connectivity index (χ1v) is 7.86. The van der Waals surface area contributed by atoms with Crippen LogP contribution in [0.25, 0.3) is 0 Å². The average molecular weight is 344 g/mol. The predicted molar refractivity (Wildman–Crippen MR) is 75.7 cm³/mol. The molecule has 2 heterocycles. The lowest BCUT2D eigenvalue weighted by atomic mass is 10.0. The highest BCUT2D eigenvalue weighted by Gasteiger charge is 2.42. The van der Waals surface area contributed by atoms with Crippen LogP contribution in [0.4, 0.5) is 8.78 Å². The number of alkyl halides is 1. The van der Waals surface area contributed by atoms with E-state index in [1.807, 2.05) is 4.90 Å². The zero-order valence-corrected chi connectivity index (χ0v) is 12.6. The number of fused-ring (bicyclic) bond motifs is 2.